The molecule has 148 valence electrons. The van der Waals surface area contributed by atoms with E-state index in [1.165, 1.54) is 11.9 Å². The summed E-state index contributed by atoms with van der Waals surface area (Å²) < 4.78 is 10.7. The predicted molar refractivity (Wildman–Crippen MR) is 113 cm³/mol. The molecule has 0 saturated heterocycles. The van der Waals surface area contributed by atoms with Crippen molar-refractivity contribution in [3.63, 3.8) is 0 Å². The van der Waals surface area contributed by atoms with Crippen LogP contribution in [0.25, 0.3) is 10.9 Å². The van der Waals surface area contributed by atoms with Gasteiger partial charge in [0.05, 0.1) is 31.5 Å². The largest absolute Gasteiger partial charge is 0.493 e. The van der Waals surface area contributed by atoms with Crippen LogP contribution in [0, 0.1) is 0 Å². The molecule has 2 aromatic carbocycles. The lowest BCUT2D eigenvalue weighted by atomic mass is 9.98. The topological polar surface area (TPSA) is 64.0 Å². The van der Waals surface area contributed by atoms with Crippen LogP contribution in [0.3, 0.4) is 0 Å². The third-order valence-corrected chi connectivity index (χ3v) is 5.32. The molecule has 6 nitrogen and oxygen atoms in total. The van der Waals surface area contributed by atoms with Crippen LogP contribution in [-0.2, 0) is 4.79 Å². The second-order valence-corrected chi connectivity index (χ2v) is 7.12. The first-order chi connectivity index (χ1) is 14.0. The van der Waals surface area contributed by atoms with Crippen molar-refractivity contribution in [3.8, 4) is 11.5 Å². The zero-order valence-corrected chi connectivity index (χ0v) is 17.1. The Hall–Kier alpha value is -3.12. The number of carbonyl (C=O) groups is 1. The molecule has 1 aliphatic heterocycles. The molecule has 0 bridgehead atoms. The summed E-state index contributed by atoms with van der Waals surface area (Å²) in [6.07, 6.45) is 0.523. The number of fused-ring (bicyclic) bond motifs is 1. The molecule has 0 fully saturated rings. The second-order valence-electron chi connectivity index (χ2n) is 6.76. The molecule has 3 aromatic rings. The molecular weight excluding hydrogens is 390 g/mol. The van der Waals surface area contributed by atoms with Gasteiger partial charge in [-0.15, -0.1) is 0 Å². The molecule has 7 heteroatoms. The molecular formula is C22H20ClN3O3. The number of amides is 1. The maximum absolute atomic E-state index is 12.3. The molecule has 1 amide bonds. The lowest BCUT2D eigenvalue weighted by molar-refractivity contribution is -0.130. The number of benzene rings is 2. The van der Waals surface area contributed by atoms with Crippen LogP contribution in [0.2, 0.25) is 5.15 Å². The van der Waals surface area contributed by atoms with Gasteiger partial charge < -0.3 is 9.47 Å². The van der Waals surface area contributed by atoms with E-state index in [0.29, 0.717) is 23.1 Å². The zero-order valence-electron chi connectivity index (χ0n) is 16.3. The Labute approximate surface area is 173 Å². The summed E-state index contributed by atoms with van der Waals surface area (Å²) in [4.78, 5) is 16.8. The number of pyridine rings is 1. The number of rotatable bonds is 4. The molecule has 1 aliphatic rings. The summed E-state index contributed by atoms with van der Waals surface area (Å²) >= 11 is 6.50. The number of hydrogen-bond acceptors (Lipinski definition) is 5. The standard InChI is InChI=1S/C22H20ClN3O3/c1-13(27)26-19(16-10-14-6-4-5-7-17(14)24-22(16)23)12-18(25-26)15-8-9-20(28-2)21(11-15)29-3/h4-11,19H,12H2,1-3H3. The Morgan fingerprint density at radius 3 is 2.59 bits per heavy atom. The summed E-state index contributed by atoms with van der Waals surface area (Å²) in [6.45, 7) is 1.50. The Bertz CT molecular complexity index is 1130. The van der Waals surface area contributed by atoms with Crippen molar-refractivity contribution in [1.82, 2.24) is 9.99 Å². The van der Waals surface area contributed by atoms with Crippen LogP contribution in [0.1, 0.15) is 30.5 Å². The van der Waals surface area contributed by atoms with Crippen LogP contribution >= 0.6 is 11.6 Å². The predicted octanol–water partition coefficient (Wildman–Crippen LogP) is 4.60. The molecule has 29 heavy (non-hydrogen) atoms. The van der Waals surface area contributed by atoms with Gasteiger partial charge in [-0.25, -0.2) is 9.99 Å². The van der Waals surface area contributed by atoms with Crippen molar-refractivity contribution in [2.45, 2.75) is 19.4 Å². The number of hydrogen-bond donors (Lipinski definition) is 0. The highest BCUT2D eigenvalue weighted by atomic mass is 35.5. The van der Waals surface area contributed by atoms with Crippen molar-refractivity contribution in [3.05, 3.63) is 64.8 Å². The first-order valence-electron chi connectivity index (χ1n) is 9.16. The number of halogens is 1. The average molecular weight is 410 g/mol. The molecule has 1 aromatic heterocycles. The minimum Gasteiger partial charge on any atom is -0.493 e. The molecule has 0 radical (unpaired) electrons. The first kappa shape index (κ1) is 19.2. The van der Waals surface area contributed by atoms with Crippen molar-refractivity contribution in [2.24, 2.45) is 5.10 Å². The Kier molecular flexibility index (Phi) is 5.11. The number of para-hydroxylation sites is 1. The first-order valence-corrected chi connectivity index (χ1v) is 9.54. The molecule has 1 atom stereocenters. The number of ether oxygens (including phenoxy) is 2. The minimum atomic E-state index is -0.319. The number of carbonyl (C=O) groups excluding carboxylic acids is 1. The maximum atomic E-state index is 12.3. The Morgan fingerprint density at radius 1 is 1.10 bits per heavy atom. The van der Waals surface area contributed by atoms with E-state index in [1.807, 2.05) is 48.5 Å². The van der Waals surface area contributed by atoms with Gasteiger partial charge in [0.1, 0.15) is 5.15 Å². The van der Waals surface area contributed by atoms with Crippen LogP contribution in [-0.4, -0.2) is 35.8 Å². The molecule has 2 heterocycles. The second kappa shape index (κ2) is 7.72. The van der Waals surface area contributed by atoms with Crippen molar-refractivity contribution in [2.75, 3.05) is 14.2 Å². The van der Waals surface area contributed by atoms with Gasteiger partial charge in [0.15, 0.2) is 11.5 Å². The van der Waals surface area contributed by atoms with E-state index < -0.39 is 0 Å². The highest BCUT2D eigenvalue weighted by Crippen LogP contribution is 2.38. The fourth-order valence-corrected chi connectivity index (χ4v) is 3.85. The number of nitrogens with zero attached hydrogens (tertiary/aromatic N) is 3. The lowest BCUT2D eigenvalue weighted by Crippen LogP contribution is -2.24. The van der Waals surface area contributed by atoms with Gasteiger partial charge in [-0.1, -0.05) is 29.8 Å². The van der Waals surface area contributed by atoms with Gasteiger partial charge in [0, 0.05) is 29.9 Å². The molecule has 0 aliphatic carbocycles. The van der Waals surface area contributed by atoms with Gasteiger partial charge in [0.2, 0.25) is 5.91 Å². The van der Waals surface area contributed by atoms with E-state index in [2.05, 4.69) is 10.1 Å². The molecule has 0 spiro atoms. The van der Waals surface area contributed by atoms with Gasteiger partial charge in [-0.3, -0.25) is 4.79 Å². The van der Waals surface area contributed by atoms with E-state index in [1.54, 1.807) is 14.2 Å². The highest BCUT2D eigenvalue weighted by Gasteiger charge is 2.33. The Balaban J connectivity index is 1.74. The lowest BCUT2D eigenvalue weighted by Gasteiger charge is -2.21. The summed E-state index contributed by atoms with van der Waals surface area (Å²) in [5, 5.41) is 7.41. The van der Waals surface area contributed by atoms with Crippen LogP contribution in [0.5, 0.6) is 11.5 Å². The average Bonchev–Trinajstić information content (AvgIpc) is 3.18. The number of methoxy groups -OCH3 is 2. The smallest absolute Gasteiger partial charge is 0.240 e. The van der Waals surface area contributed by atoms with Crippen molar-refractivity contribution in [1.29, 1.82) is 0 Å². The van der Waals surface area contributed by atoms with E-state index >= 15 is 0 Å². The number of aromatic nitrogens is 1. The van der Waals surface area contributed by atoms with Gasteiger partial charge in [-0.2, -0.15) is 5.10 Å². The monoisotopic (exact) mass is 409 g/mol. The Morgan fingerprint density at radius 2 is 1.86 bits per heavy atom. The SMILES string of the molecule is COc1ccc(C2=NN(C(C)=O)C(c3cc4ccccc4nc3Cl)C2)cc1OC. The van der Waals surface area contributed by atoms with E-state index in [0.717, 1.165) is 27.7 Å². The van der Waals surface area contributed by atoms with E-state index in [-0.39, 0.29) is 11.9 Å². The quantitative estimate of drug-likeness (QED) is 0.590. The minimum absolute atomic E-state index is 0.158. The van der Waals surface area contributed by atoms with Crippen molar-refractivity contribution >= 4 is 34.1 Å². The fourth-order valence-electron chi connectivity index (χ4n) is 3.58. The van der Waals surface area contributed by atoms with Gasteiger partial charge in [0.25, 0.3) is 0 Å². The molecule has 1 unspecified atom stereocenters. The highest BCUT2D eigenvalue weighted by molar-refractivity contribution is 6.30. The number of hydrazone groups is 1. The fraction of sp³-hybridized carbons (Fsp3) is 0.227. The summed E-state index contributed by atoms with van der Waals surface area (Å²) in [5.41, 5.74) is 3.23. The van der Waals surface area contributed by atoms with Crippen molar-refractivity contribution < 1.29 is 14.3 Å². The summed E-state index contributed by atoms with van der Waals surface area (Å²) in [5.74, 6) is 1.09. The molecule has 0 saturated carbocycles. The molecule has 4 rings (SSSR count). The van der Waals surface area contributed by atoms with E-state index in [4.69, 9.17) is 21.1 Å². The van der Waals surface area contributed by atoms with Crippen LogP contribution in [0.15, 0.2) is 53.6 Å². The van der Waals surface area contributed by atoms with Gasteiger partial charge in [-0.05, 0) is 30.3 Å². The van der Waals surface area contributed by atoms with E-state index in [9.17, 15) is 4.79 Å². The van der Waals surface area contributed by atoms with Gasteiger partial charge >= 0.3 is 0 Å². The zero-order chi connectivity index (χ0) is 20.5. The van der Waals surface area contributed by atoms with Crippen LogP contribution < -0.4 is 9.47 Å². The third-order valence-electron chi connectivity index (χ3n) is 5.01. The third kappa shape index (κ3) is 3.51. The molecule has 0 N–H and O–H groups in total. The summed E-state index contributed by atoms with van der Waals surface area (Å²) in [7, 11) is 3.18. The summed E-state index contributed by atoms with van der Waals surface area (Å²) in [6, 6.07) is 15.0. The maximum Gasteiger partial charge on any atom is 0.240 e. The normalized spacial score (nSPS) is 16.1. The van der Waals surface area contributed by atoms with Crippen LogP contribution in [0.4, 0.5) is 0 Å².